The number of carbonyl (C=O) groups excluding carboxylic acids is 2. The minimum absolute atomic E-state index is 0.0259. The van der Waals surface area contributed by atoms with Gasteiger partial charge in [-0.25, -0.2) is 4.79 Å². The summed E-state index contributed by atoms with van der Waals surface area (Å²) in [4.78, 5) is 28.2. The molecule has 0 saturated carbocycles. The maximum Gasteiger partial charge on any atom is 0.409 e. The average Bonchev–Trinajstić information content (AvgIpc) is 2.80. The van der Waals surface area contributed by atoms with E-state index in [2.05, 4.69) is 22.6 Å². The van der Waals surface area contributed by atoms with Gasteiger partial charge in [0.05, 0.1) is 11.6 Å². The van der Waals surface area contributed by atoms with Gasteiger partial charge in [0.1, 0.15) is 0 Å². The third-order valence-corrected chi connectivity index (χ3v) is 5.29. The first kappa shape index (κ1) is 19.3. The van der Waals surface area contributed by atoms with Gasteiger partial charge in [0, 0.05) is 35.3 Å². The first-order valence-electron chi connectivity index (χ1n) is 8.04. The van der Waals surface area contributed by atoms with Gasteiger partial charge in [0.2, 0.25) is 0 Å². The number of hydrogen-bond acceptors (Lipinski definition) is 3. The lowest BCUT2D eigenvalue weighted by Gasteiger charge is -2.22. The first-order chi connectivity index (χ1) is 11.4. The molecule has 1 aromatic carbocycles. The zero-order chi connectivity index (χ0) is 17.7. The second-order valence-corrected chi connectivity index (χ2v) is 7.80. The highest BCUT2D eigenvalue weighted by atomic mass is 127. The zero-order valence-corrected chi connectivity index (χ0v) is 16.8. The molecule has 1 aliphatic rings. The van der Waals surface area contributed by atoms with Crippen LogP contribution >= 0.6 is 34.2 Å². The molecule has 0 aromatic heterocycles. The van der Waals surface area contributed by atoms with Gasteiger partial charge in [0.25, 0.3) is 5.91 Å². The van der Waals surface area contributed by atoms with E-state index in [9.17, 15) is 9.59 Å². The SMILES string of the molecule is CC(C)COC(=O)N1CCCN(C(=O)c2ccc(Cl)c(I)c2)CC1. The summed E-state index contributed by atoms with van der Waals surface area (Å²) in [6, 6.07) is 5.28. The molecule has 0 N–H and O–H groups in total. The molecule has 2 rings (SSSR count). The van der Waals surface area contributed by atoms with E-state index in [1.54, 1.807) is 28.0 Å². The van der Waals surface area contributed by atoms with Crippen molar-refractivity contribution in [3.05, 3.63) is 32.4 Å². The Kier molecular flexibility index (Phi) is 7.16. The van der Waals surface area contributed by atoms with Crippen molar-refractivity contribution in [1.29, 1.82) is 0 Å². The highest BCUT2D eigenvalue weighted by Crippen LogP contribution is 2.20. The van der Waals surface area contributed by atoms with Crippen LogP contribution in [-0.2, 0) is 4.74 Å². The lowest BCUT2D eigenvalue weighted by Crippen LogP contribution is -2.38. The van der Waals surface area contributed by atoms with Crippen LogP contribution in [-0.4, -0.2) is 54.6 Å². The highest BCUT2D eigenvalue weighted by molar-refractivity contribution is 14.1. The Morgan fingerprint density at radius 1 is 1.21 bits per heavy atom. The molecule has 132 valence electrons. The van der Waals surface area contributed by atoms with Gasteiger partial charge in [-0.05, 0) is 53.1 Å². The molecule has 0 bridgehead atoms. The Morgan fingerprint density at radius 2 is 1.88 bits per heavy atom. The molecule has 1 heterocycles. The number of ether oxygens (including phenoxy) is 1. The summed E-state index contributed by atoms with van der Waals surface area (Å²) in [5.41, 5.74) is 0.625. The smallest absolute Gasteiger partial charge is 0.409 e. The standard InChI is InChI=1S/C17H22ClIN2O3/c1-12(2)11-24-17(23)21-7-3-6-20(8-9-21)16(22)13-4-5-14(18)15(19)10-13/h4-5,10,12H,3,6-9,11H2,1-2H3. The third kappa shape index (κ3) is 5.24. The van der Waals surface area contributed by atoms with Crippen molar-refractivity contribution in [2.45, 2.75) is 20.3 Å². The van der Waals surface area contributed by atoms with E-state index < -0.39 is 0 Å². The van der Waals surface area contributed by atoms with Crippen molar-refractivity contribution in [1.82, 2.24) is 9.80 Å². The van der Waals surface area contributed by atoms with Gasteiger partial charge in [-0.1, -0.05) is 25.4 Å². The molecule has 2 amide bonds. The van der Waals surface area contributed by atoms with Crippen molar-refractivity contribution in [2.24, 2.45) is 5.92 Å². The summed E-state index contributed by atoms with van der Waals surface area (Å²) in [5, 5.41) is 0.641. The van der Waals surface area contributed by atoms with Crippen LogP contribution in [0.5, 0.6) is 0 Å². The van der Waals surface area contributed by atoms with E-state index >= 15 is 0 Å². The summed E-state index contributed by atoms with van der Waals surface area (Å²) in [5.74, 6) is 0.286. The molecule has 0 atom stereocenters. The zero-order valence-electron chi connectivity index (χ0n) is 13.9. The monoisotopic (exact) mass is 464 g/mol. The number of halogens is 2. The molecular weight excluding hydrogens is 443 g/mol. The normalized spacial score (nSPS) is 15.4. The minimum atomic E-state index is -0.293. The van der Waals surface area contributed by atoms with Crippen LogP contribution in [0.3, 0.4) is 0 Å². The van der Waals surface area contributed by atoms with Crippen LogP contribution in [0.4, 0.5) is 4.79 Å². The number of hydrogen-bond donors (Lipinski definition) is 0. The van der Waals surface area contributed by atoms with Crippen molar-refractivity contribution >= 4 is 46.2 Å². The first-order valence-corrected chi connectivity index (χ1v) is 9.50. The Hall–Kier alpha value is -1.02. The lowest BCUT2D eigenvalue weighted by atomic mass is 10.2. The van der Waals surface area contributed by atoms with Crippen LogP contribution in [0.2, 0.25) is 5.02 Å². The predicted octanol–water partition coefficient (Wildman–Crippen LogP) is 3.89. The van der Waals surface area contributed by atoms with Gasteiger partial charge >= 0.3 is 6.09 Å². The number of rotatable bonds is 3. The number of amides is 2. The number of benzene rings is 1. The van der Waals surface area contributed by atoms with E-state index in [0.29, 0.717) is 49.3 Å². The van der Waals surface area contributed by atoms with E-state index in [1.807, 2.05) is 13.8 Å². The third-order valence-electron chi connectivity index (χ3n) is 3.75. The van der Waals surface area contributed by atoms with E-state index in [4.69, 9.17) is 16.3 Å². The minimum Gasteiger partial charge on any atom is -0.449 e. The van der Waals surface area contributed by atoms with E-state index in [1.165, 1.54) is 0 Å². The maximum absolute atomic E-state index is 12.7. The Bertz CT molecular complexity index is 609. The molecule has 0 unspecified atom stereocenters. The summed E-state index contributed by atoms with van der Waals surface area (Å²) in [6.07, 6.45) is 0.451. The van der Waals surface area contributed by atoms with Crippen LogP contribution in [0.25, 0.3) is 0 Å². The van der Waals surface area contributed by atoms with Crippen molar-refractivity contribution in [3.63, 3.8) is 0 Å². The quantitative estimate of drug-likeness (QED) is 0.638. The Labute approximate surface area is 161 Å². The molecule has 0 spiro atoms. The number of nitrogens with zero attached hydrogens (tertiary/aromatic N) is 2. The second-order valence-electron chi connectivity index (χ2n) is 6.23. The van der Waals surface area contributed by atoms with E-state index in [-0.39, 0.29) is 12.0 Å². The molecular formula is C17H22ClIN2O3. The predicted molar refractivity (Wildman–Crippen MR) is 102 cm³/mol. The Balaban J connectivity index is 1.95. The largest absolute Gasteiger partial charge is 0.449 e. The summed E-state index contributed by atoms with van der Waals surface area (Å²) >= 11 is 8.13. The molecule has 5 nitrogen and oxygen atoms in total. The maximum atomic E-state index is 12.7. The molecule has 1 aliphatic heterocycles. The fourth-order valence-electron chi connectivity index (χ4n) is 2.44. The molecule has 1 fully saturated rings. The van der Waals surface area contributed by atoms with Crippen LogP contribution in [0.1, 0.15) is 30.6 Å². The summed E-state index contributed by atoms with van der Waals surface area (Å²) in [7, 11) is 0. The second kappa shape index (κ2) is 8.89. The molecule has 1 saturated heterocycles. The van der Waals surface area contributed by atoms with Gasteiger partial charge in [-0.3, -0.25) is 4.79 Å². The van der Waals surface area contributed by atoms with E-state index in [0.717, 1.165) is 9.99 Å². The van der Waals surface area contributed by atoms with Crippen molar-refractivity contribution in [2.75, 3.05) is 32.8 Å². The molecule has 1 aromatic rings. The summed E-state index contributed by atoms with van der Waals surface area (Å²) in [6.45, 7) is 6.67. The van der Waals surface area contributed by atoms with Gasteiger partial charge in [-0.15, -0.1) is 0 Å². The van der Waals surface area contributed by atoms with Gasteiger partial charge in [-0.2, -0.15) is 0 Å². The Morgan fingerprint density at radius 3 is 2.54 bits per heavy atom. The van der Waals surface area contributed by atoms with Crippen LogP contribution in [0.15, 0.2) is 18.2 Å². The number of carbonyl (C=O) groups is 2. The summed E-state index contributed by atoms with van der Waals surface area (Å²) < 4.78 is 6.13. The molecule has 24 heavy (non-hydrogen) atoms. The van der Waals surface area contributed by atoms with Crippen LogP contribution < -0.4 is 0 Å². The topological polar surface area (TPSA) is 49.9 Å². The van der Waals surface area contributed by atoms with Gasteiger partial charge < -0.3 is 14.5 Å². The molecule has 0 aliphatic carbocycles. The van der Waals surface area contributed by atoms with Crippen molar-refractivity contribution in [3.8, 4) is 0 Å². The van der Waals surface area contributed by atoms with Crippen molar-refractivity contribution < 1.29 is 14.3 Å². The molecule has 0 radical (unpaired) electrons. The lowest BCUT2D eigenvalue weighted by molar-refractivity contribution is 0.0746. The van der Waals surface area contributed by atoms with Gasteiger partial charge in [0.15, 0.2) is 0 Å². The fraction of sp³-hybridized carbons (Fsp3) is 0.529. The molecule has 7 heteroatoms. The fourth-order valence-corrected chi connectivity index (χ4v) is 3.08. The van der Waals surface area contributed by atoms with Crippen LogP contribution in [0, 0.1) is 9.49 Å². The average molecular weight is 465 g/mol. The highest BCUT2D eigenvalue weighted by Gasteiger charge is 2.24.